The molecule has 2 N–H and O–H groups in total. The largest absolute Gasteiger partial charge is 0.386 e. The zero-order chi connectivity index (χ0) is 12.3. The molecule has 0 aliphatic rings. The minimum Gasteiger partial charge on any atom is -0.386 e. The van der Waals surface area contributed by atoms with Crippen LogP contribution in [0, 0.1) is 5.82 Å². The van der Waals surface area contributed by atoms with Crippen molar-refractivity contribution in [2.24, 2.45) is 7.05 Å². The zero-order valence-corrected chi connectivity index (χ0v) is 9.47. The van der Waals surface area contributed by atoms with Gasteiger partial charge in [0.1, 0.15) is 5.82 Å². The number of aliphatic hydroxyl groups excluding tert-OH is 1. The molecule has 90 valence electrons. The Morgan fingerprint density at radius 1 is 1.47 bits per heavy atom. The van der Waals surface area contributed by atoms with E-state index in [9.17, 15) is 9.50 Å². The lowest BCUT2D eigenvalue weighted by Gasteiger charge is -2.12. The number of aliphatic hydroxyl groups is 1. The van der Waals surface area contributed by atoms with Crippen LogP contribution in [0.4, 0.5) is 10.1 Å². The lowest BCUT2D eigenvalue weighted by Crippen LogP contribution is -2.13. The number of halogens is 1. The SMILES string of the molecule is Cn1cc(NCC(O)c2ccccc2F)cn1. The van der Waals surface area contributed by atoms with Crippen molar-refractivity contribution in [3.63, 3.8) is 0 Å². The third kappa shape index (κ3) is 2.82. The van der Waals surface area contributed by atoms with Gasteiger partial charge < -0.3 is 10.4 Å². The molecule has 2 rings (SSSR count). The number of nitrogens with one attached hydrogen (secondary N) is 1. The predicted octanol–water partition coefficient (Wildman–Crippen LogP) is 1.70. The van der Waals surface area contributed by atoms with Gasteiger partial charge in [0.25, 0.3) is 0 Å². The van der Waals surface area contributed by atoms with Gasteiger partial charge in [-0.1, -0.05) is 18.2 Å². The average molecular weight is 235 g/mol. The molecule has 0 radical (unpaired) electrons. The molecule has 1 heterocycles. The first-order valence-electron chi connectivity index (χ1n) is 5.32. The molecule has 1 unspecified atom stereocenters. The van der Waals surface area contributed by atoms with Gasteiger partial charge in [0.15, 0.2) is 0 Å². The van der Waals surface area contributed by atoms with Crippen molar-refractivity contribution < 1.29 is 9.50 Å². The van der Waals surface area contributed by atoms with Gasteiger partial charge in [-0.05, 0) is 6.07 Å². The molecule has 1 aromatic carbocycles. The molecule has 0 spiro atoms. The molecule has 0 bridgehead atoms. The molecule has 0 fully saturated rings. The normalized spacial score (nSPS) is 12.4. The Hall–Kier alpha value is -1.88. The Morgan fingerprint density at radius 2 is 2.24 bits per heavy atom. The predicted molar refractivity (Wildman–Crippen MR) is 63.1 cm³/mol. The van der Waals surface area contributed by atoms with Crippen LogP contribution in [0.25, 0.3) is 0 Å². The van der Waals surface area contributed by atoms with Crippen molar-refractivity contribution in [2.75, 3.05) is 11.9 Å². The van der Waals surface area contributed by atoms with Crippen LogP contribution in [0.2, 0.25) is 0 Å². The van der Waals surface area contributed by atoms with Crippen molar-refractivity contribution in [1.29, 1.82) is 0 Å². The quantitative estimate of drug-likeness (QED) is 0.848. The highest BCUT2D eigenvalue weighted by Crippen LogP contribution is 2.17. The fourth-order valence-electron chi connectivity index (χ4n) is 1.58. The Bertz CT molecular complexity index is 498. The van der Waals surface area contributed by atoms with E-state index in [1.165, 1.54) is 6.07 Å². The van der Waals surface area contributed by atoms with Crippen molar-refractivity contribution in [3.05, 3.63) is 48.0 Å². The fourth-order valence-corrected chi connectivity index (χ4v) is 1.58. The second-order valence-corrected chi connectivity index (χ2v) is 3.82. The molecule has 1 aromatic heterocycles. The van der Waals surface area contributed by atoms with Gasteiger partial charge in [0, 0.05) is 25.4 Å². The number of hydrogen-bond acceptors (Lipinski definition) is 3. The molecule has 1 atom stereocenters. The number of aromatic nitrogens is 2. The zero-order valence-electron chi connectivity index (χ0n) is 9.47. The van der Waals surface area contributed by atoms with E-state index >= 15 is 0 Å². The van der Waals surface area contributed by atoms with Gasteiger partial charge in [-0.2, -0.15) is 5.10 Å². The monoisotopic (exact) mass is 235 g/mol. The lowest BCUT2D eigenvalue weighted by molar-refractivity contribution is 0.186. The van der Waals surface area contributed by atoms with E-state index in [1.807, 2.05) is 0 Å². The van der Waals surface area contributed by atoms with Crippen molar-refractivity contribution in [2.45, 2.75) is 6.10 Å². The maximum atomic E-state index is 13.4. The fraction of sp³-hybridized carbons (Fsp3) is 0.250. The summed E-state index contributed by atoms with van der Waals surface area (Å²) < 4.78 is 15.0. The lowest BCUT2D eigenvalue weighted by atomic mass is 10.1. The summed E-state index contributed by atoms with van der Waals surface area (Å²) >= 11 is 0. The van der Waals surface area contributed by atoms with Gasteiger partial charge in [-0.25, -0.2) is 4.39 Å². The van der Waals surface area contributed by atoms with E-state index in [2.05, 4.69) is 10.4 Å². The van der Waals surface area contributed by atoms with Gasteiger partial charge in [-0.3, -0.25) is 4.68 Å². The van der Waals surface area contributed by atoms with Gasteiger partial charge in [0.2, 0.25) is 0 Å². The molecular weight excluding hydrogens is 221 g/mol. The number of aryl methyl sites for hydroxylation is 1. The first-order chi connectivity index (χ1) is 8.16. The van der Waals surface area contributed by atoms with E-state index in [-0.39, 0.29) is 6.54 Å². The highest BCUT2D eigenvalue weighted by molar-refractivity contribution is 5.38. The molecule has 0 aliphatic carbocycles. The minimum absolute atomic E-state index is 0.243. The maximum Gasteiger partial charge on any atom is 0.129 e. The van der Waals surface area contributed by atoms with Crippen LogP contribution in [0.5, 0.6) is 0 Å². The van der Waals surface area contributed by atoms with Gasteiger partial charge in [0.05, 0.1) is 18.0 Å². The van der Waals surface area contributed by atoms with E-state index < -0.39 is 11.9 Å². The Labute approximate surface area is 98.7 Å². The first kappa shape index (κ1) is 11.6. The molecule has 17 heavy (non-hydrogen) atoms. The van der Waals surface area contributed by atoms with Crippen LogP contribution in [0.3, 0.4) is 0 Å². The average Bonchev–Trinajstić information content (AvgIpc) is 2.73. The number of hydrogen-bond donors (Lipinski definition) is 2. The smallest absolute Gasteiger partial charge is 0.129 e. The number of nitrogens with zero attached hydrogens (tertiary/aromatic N) is 2. The second-order valence-electron chi connectivity index (χ2n) is 3.82. The highest BCUT2D eigenvalue weighted by Gasteiger charge is 2.11. The molecule has 0 saturated heterocycles. The van der Waals surface area contributed by atoms with Crippen LogP contribution >= 0.6 is 0 Å². The number of anilines is 1. The molecule has 4 nitrogen and oxygen atoms in total. The van der Waals surface area contributed by atoms with Crippen LogP contribution in [0.1, 0.15) is 11.7 Å². The summed E-state index contributed by atoms with van der Waals surface area (Å²) in [5, 5.41) is 16.8. The Balaban J connectivity index is 1.98. The van der Waals surface area contributed by atoms with Crippen LogP contribution in [-0.2, 0) is 7.05 Å². The molecule has 0 aliphatic heterocycles. The highest BCUT2D eigenvalue weighted by atomic mass is 19.1. The van der Waals surface area contributed by atoms with Crippen LogP contribution < -0.4 is 5.32 Å². The topological polar surface area (TPSA) is 50.1 Å². The third-order valence-corrected chi connectivity index (χ3v) is 2.47. The van der Waals surface area contributed by atoms with Crippen molar-refractivity contribution >= 4 is 5.69 Å². The summed E-state index contributed by atoms with van der Waals surface area (Å²) in [6, 6.07) is 6.21. The molecule has 2 aromatic rings. The summed E-state index contributed by atoms with van der Waals surface area (Å²) in [5.41, 5.74) is 1.09. The van der Waals surface area contributed by atoms with E-state index in [1.54, 1.807) is 42.3 Å². The van der Waals surface area contributed by atoms with Crippen molar-refractivity contribution in [1.82, 2.24) is 9.78 Å². The third-order valence-electron chi connectivity index (χ3n) is 2.47. The molecule has 5 heteroatoms. The second kappa shape index (κ2) is 4.97. The van der Waals surface area contributed by atoms with Crippen molar-refractivity contribution in [3.8, 4) is 0 Å². The standard InChI is InChI=1S/C12H14FN3O/c1-16-8-9(6-15-16)14-7-12(17)10-4-2-3-5-11(10)13/h2-6,8,12,14,17H,7H2,1H3. The minimum atomic E-state index is -0.878. The summed E-state index contributed by atoms with van der Waals surface area (Å²) in [4.78, 5) is 0. The number of benzene rings is 1. The summed E-state index contributed by atoms with van der Waals surface area (Å²) in [5.74, 6) is -0.395. The number of rotatable bonds is 4. The molecule has 0 amide bonds. The summed E-state index contributed by atoms with van der Waals surface area (Å²) in [6.07, 6.45) is 2.55. The van der Waals surface area contributed by atoms with E-state index in [4.69, 9.17) is 0 Å². The van der Waals surface area contributed by atoms with E-state index in [0.717, 1.165) is 5.69 Å². The Kier molecular flexibility index (Phi) is 3.39. The summed E-state index contributed by atoms with van der Waals surface area (Å²) in [7, 11) is 1.80. The summed E-state index contributed by atoms with van der Waals surface area (Å²) in [6.45, 7) is 0.243. The molecular formula is C12H14FN3O. The van der Waals surface area contributed by atoms with E-state index in [0.29, 0.717) is 5.56 Å². The maximum absolute atomic E-state index is 13.4. The van der Waals surface area contributed by atoms with Crippen LogP contribution in [-0.4, -0.2) is 21.4 Å². The Morgan fingerprint density at radius 3 is 2.88 bits per heavy atom. The van der Waals surface area contributed by atoms with Crippen LogP contribution in [0.15, 0.2) is 36.7 Å². The first-order valence-corrected chi connectivity index (χ1v) is 5.32. The molecule has 0 saturated carbocycles. The van der Waals surface area contributed by atoms with Gasteiger partial charge in [-0.15, -0.1) is 0 Å². The van der Waals surface area contributed by atoms with Gasteiger partial charge >= 0.3 is 0 Å².